The van der Waals surface area contributed by atoms with Gasteiger partial charge < -0.3 is 14.7 Å². The van der Waals surface area contributed by atoms with E-state index in [2.05, 4.69) is 6.07 Å². The summed E-state index contributed by atoms with van der Waals surface area (Å²) in [5.41, 5.74) is 1.61. The number of aryl methyl sites for hydroxylation is 1. The van der Waals surface area contributed by atoms with Gasteiger partial charge in [-0.2, -0.15) is 5.26 Å². The number of carbonyl (C=O) groups is 2. The normalized spacial score (nSPS) is 16.1. The molecule has 3 rings (SSSR count). The molecule has 1 saturated heterocycles. The largest absolute Gasteiger partial charge is 0.507 e. The molecule has 1 heterocycles. The fraction of sp³-hybridized carbons (Fsp3) is 0.348. The van der Waals surface area contributed by atoms with Gasteiger partial charge in [-0.25, -0.2) is 0 Å². The van der Waals surface area contributed by atoms with Gasteiger partial charge in [0.15, 0.2) is 6.29 Å². The summed E-state index contributed by atoms with van der Waals surface area (Å²) >= 11 is 0. The molecule has 0 aliphatic carbocycles. The van der Waals surface area contributed by atoms with Crippen molar-refractivity contribution < 1.29 is 19.4 Å². The Kier molecular flexibility index (Phi) is 6.85. The summed E-state index contributed by atoms with van der Waals surface area (Å²) in [6.45, 7) is 0.885. The second-order valence-electron chi connectivity index (χ2n) is 7.08. The van der Waals surface area contributed by atoms with Crippen molar-refractivity contribution in [3.8, 4) is 17.6 Å². The van der Waals surface area contributed by atoms with Crippen molar-refractivity contribution >= 4 is 12.2 Å². The lowest BCUT2D eigenvalue weighted by atomic mass is 9.98. The van der Waals surface area contributed by atoms with Gasteiger partial charge in [-0.1, -0.05) is 24.3 Å². The smallest absolute Gasteiger partial charge is 0.254 e. The second-order valence-corrected chi connectivity index (χ2v) is 7.08. The van der Waals surface area contributed by atoms with Gasteiger partial charge in [0.1, 0.15) is 18.1 Å². The monoisotopic (exact) mass is 392 g/mol. The van der Waals surface area contributed by atoms with Crippen molar-refractivity contribution in [3.05, 3.63) is 59.2 Å². The predicted octanol–water partition coefficient (Wildman–Crippen LogP) is 3.73. The highest BCUT2D eigenvalue weighted by Crippen LogP contribution is 2.27. The Morgan fingerprint density at radius 3 is 2.86 bits per heavy atom. The SMILES string of the molecule is N#CCCc1ccccc1C(=O)N1CCCC[C@H]1COc1cccc(O)c1C=O. The number of piperidine rings is 1. The van der Waals surface area contributed by atoms with Crippen molar-refractivity contribution in [2.45, 2.75) is 38.1 Å². The van der Waals surface area contributed by atoms with Gasteiger partial charge in [0.05, 0.1) is 17.7 Å². The number of aldehydes is 1. The lowest BCUT2D eigenvalue weighted by Crippen LogP contribution is -2.47. The zero-order valence-corrected chi connectivity index (χ0v) is 16.2. The summed E-state index contributed by atoms with van der Waals surface area (Å²) in [5.74, 6) is 0.131. The van der Waals surface area contributed by atoms with Crippen molar-refractivity contribution in [1.29, 1.82) is 5.26 Å². The molecule has 29 heavy (non-hydrogen) atoms. The predicted molar refractivity (Wildman–Crippen MR) is 108 cm³/mol. The minimum absolute atomic E-state index is 0.0571. The molecule has 6 heteroatoms. The molecule has 2 aromatic rings. The Balaban J connectivity index is 1.77. The maximum Gasteiger partial charge on any atom is 0.254 e. The molecule has 0 aromatic heterocycles. The third kappa shape index (κ3) is 4.75. The quantitative estimate of drug-likeness (QED) is 0.725. The van der Waals surface area contributed by atoms with Crippen molar-refractivity contribution in [1.82, 2.24) is 4.90 Å². The average molecular weight is 392 g/mol. The fourth-order valence-electron chi connectivity index (χ4n) is 3.70. The van der Waals surface area contributed by atoms with Crippen LogP contribution in [0.3, 0.4) is 0 Å². The molecule has 1 atom stereocenters. The van der Waals surface area contributed by atoms with Gasteiger partial charge in [-0.15, -0.1) is 0 Å². The number of phenols is 1. The minimum atomic E-state index is -0.125. The molecule has 0 bridgehead atoms. The van der Waals surface area contributed by atoms with Crippen LogP contribution in [-0.2, 0) is 6.42 Å². The van der Waals surface area contributed by atoms with Crippen molar-refractivity contribution in [2.24, 2.45) is 0 Å². The molecular weight excluding hydrogens is 368 g/mol. The zero-order chi connectivity index (χ0) is 20.6. The summed E-state index contributed by atoms with van der Waals surface area (Å²) in [7, 11) is 0. The molecular formula is C23H24N2O4. The van der Waals surface area contributed by atoms with E-state index < -0.39 is 0 Å². The molecule has 1 fully saturated rings. The highest BCUT2D eigenvalue weighted by molar-refractivity contribution is 5.96. The maximum absolute atomic E-state index is 13.3. The number of likely N-dealkylation sites (tertiary alicyclic amines) is 1. The fourth-order valence-corrected chi connectivity index (χ4v) is 3.70. The molecule has 0 radical (unpaired) electrons. The van der Waals surface area contributed by atoms with Gasteiger partial charge >= 0.3 is 0 Å². The van der Waals surface area contributed by atoms with Crippen LogP contribution < -0.4 is 4.74 Å². The number of amides is 1. The van der Waals surface area contributed by atoms with Crippen molar-refractivity contribution in [2.75, 3.05) is 13.2 Å². The number of rotatable bonds is 7. The first-order valence-electron chi connectivity index (χ1n) is 9.81. The molecule has 6 nitrogen and oxygen atoms in total. The number of phenolic OH excluding ortho intramolecular Hbond substituents is 1. The minimum Gasteiger partial charge on any atom is -0.507 e. The third-order valence-corrected chi connectivity index (χ3v) is 5.23. The molecule has 2 aromatic carbocycles. The first kappa shape index (κ1) is 20.4. The van der Waals surface area contributed by atoms with E-state index in [0.29, 0.717) is 37.0 Å². The summed E-state index contributed by atoms with van der Waals surface area (Å²) in [5, 5.41) is 18.7. The van der Waals surface area contributed by atoms with Gasteiger partial charge in [-0.3, -0.25) is 9.59 Å². The molecule has 1 aliphatic heterocycles. The molecule has 0 saturated carbocycles. The van der Waals surface area contributed by atoms with Crippen LogP contribution in [0, 0.1) is 11.3 Å². The standard InChI is InChI=1S/C23H24N2O4/c24-13-6-8-17-7-1-2-10-19(17)23(28)25-14-4-3-9-18(25)16-29-22-12-5-11-21(27)20(22)15-26/h1-2,5,7,10-12,15,18,27H,3-4,6,8-9,14,16H2/t18-/m0/s1. The van der Waals surface area contributed by atoms with E-state index in [4.69, 9.17) is 10.00 Å². The number of hydrogen-bond donors (Lipinski definition) is 1. The van der Waals surface area contributed by atoms with E-state index in [1.807, 2.05) is 23.1 Å². The average Bonchev–Trinajstić information content (AvgIpc) is 2.76. The van der Waals surface area contributed by atoms with E-state index in [9.17, 15) is 14.7 Å². The second kappa shape index (κ2) is 9.74. The van der Waals surface area contributed by atoms with Gasteiger partial charge in [-0.05, 0) is 49.4 Å². The molecule has 0 spiro atoms. The van der Waals surface area contributed by atoms with E-state index in [0.717, 1.165) is 24.8 Å². The lowest BCUT2D eigenvalue weighted by Gasteiger charge is -2.36. The Bertz CT molecular complexity index is 919. The van der Waals surface area contributed by atoms with Gasteiger partial charge in [0, 0.05) is 18.5 Å². The van der Waals surface area contributed by atoms with Crippen LogP contribution in [0.15, 0.2) is 42.5 Å². The molecule has 1 amide bonds. The van der Waals surface area contributed by atoms with Crippen LogP contribution in [-0.4, -0.2) is 41.4 Å². The number of hydrogen-bond acceptors (Lipinski definition) is 5. The van der Waals surface area contributed by atoms with Crippen molar-refractivity contribution in [3.63, 3.8) is 0 Å². The molecule has 0 unspecified atom stereocenters. The van der Waals surface area contributed by atoms with E-state index >= 15 is 0 Å². The Morgan fingerprint density at radius 2 is 2.07 bits per heavy atom. The number of ether oxygens (including phenoxy) is 1. The van der Waals surface area contributed by atoms with Crippen LogP contribution in [0.2, 0.25) is 0 Å². The number of carbonyl (C=O) groups excluding carboxylic acids is 2. The highest BCUT2D eigenvalue weighted by Gasteiger charge is 2.29. The summed E-state index contributed by atoms with van der Waals surface area (Å²) in [6, 6.07) is 14.1. The lowest BCUT2D eigenvalue weighted by molar-refractivity contribution is 0.0525. The third-order valence-electron chi connectivity index (χ3n) is 5.23. The summed E-state index contributed by atoms with van der Waals surface area (Å²) in [4.78, 5) is 26.4. The first-order chi connectivity index (χ1) is 14.2. The topological polar surface area (TPSA) is 90.6 Å². The van der Waals surface area contributed by atoms with Crippen LogP contribution in [0.5, 0.6) is 11.5 Å². The first-order valence-corrected chi connectivity index (χ1v) is 9.81. The zero-order valence-electron chi connectivity index (χ0n) is 16.2. The Morgan fingerprint density at radius 1 is 1.24 bits per heavy atom. The summed E-state index contributed by atoms with van der Waals surface area (Å²) in [6.07, 6.45) is 4.20. The Hall–Kier alpha value is -3.33. The van der Waals surface area contributed by atoms with E-state index in [1.54, 1.807) is 18.2 Å². The Labute approximate surface area is 170 Å². The van der Waals surface area contributed by atoms with Crippen LogP contribution in [0.1, 0.15) is 52.0 Å². The highest BCUT2D eigenvalue weighted by atomic mass is 16.5. The number of benzene rings is 2. The van der Waals surface area contributed by atoms with Gasteiger partial charge in [0.2, 0.25) is 0 Å². The molecule has 150 valence electrons. The number of aromatic hydroxyl groups is 1. The molecule has 1 N–H and O–H groups in total. The van der Waals surface area contributed by atoms with Crippen LogP contribution in [0.4, 0.5) is 0 Å². The van der Waals surface area contributed by atoms with Crippen LogP contribution >= 0.6 is 0 Å². The number of nitrogens with zero attached hydrogens (tertiary/aromatic N) is 2. The van der Waals surface area contributed by atoms with Gasteiger partial charge in [0.25, 0.3) is 5.91 Å². The van der Waals surface area contributed by atoms with Crippen LogP contribution in [0.25, 0.3) is 0 Å². The number of nitriles is 1. The molecule has 1 aliphatic rings. The summed E-state index contributed by atoms with van der Waals surface area (Å²) < 4.78 is 5.83. The van der Waals surface area contributed by atoms with E-state index in [1.165, 1.54) is 6.07 Å². The van der Waals surface area contributed by atoms with E-state index in [-0.39, 0.29) is 29.9 Å². The maximum atomic E-state index is 13.3.